The van der Waals surface area contributed by atoms with E-state index in [2.05, 4.69) is 42.1 Å². The Morgan fingerprint density at radius 2 is 1.70 bits per heavy atom. The standard InChI is InChI=1S/C32H25BrFN5O3S/c1-20-2-11-27(12-3-20)37-32-38-28(19-43-32)21-4-6-22(7-5-21)31(41)39-35-17-23-16-24(33)8-15-29(23)42-18-30(40)36-26-13-9-25(34)10-14-26/h2-17,19H,18H2,1H3,(H,36,40)(H,37,38)(H,39,41)/b35-17+. The summed E-state index contributed by atoms with van der Waals surface area (Å²) in [7, 11) is 0. The highest BCUT2D eigenvalue weighted by Crippen LogP contribution is 2.27. The minimum absolute atomic E-state index is 0.277. The molecule has 0 atom stereocenters. The van der Waals surface area contributed by atoms with Gasteiger partial charge in [0.1, 0.15) is 11.6 Å². The number of hydrogen-bond donors (Lipinski definition) is 3. The number of amides is 2. The summed E-state index contributed by atoms with van der Waals surface area (Å²) in [6.07, 6.45) is 1.43. The van der Waals surface area contributed by atoms with Crippen LogP contribution in [0.25, 0.3) is 11.3 Å². The number of ether oxygens (including phenoxy) is 1. The van der Waals surface area contributed by atoms with Gasteiger partial charge in [0, 0.05) is 37.9 Å². The smallest absolute Gasteiger partial charge is 0.271 e. The third kappa shape index (κ3) is 8.34. The molecule has 0 aliphatic rings. The zero-order valence-corrected chi connectivity index (χ0v) is 25.2. The zero-order valence-electron chi connectivity index (χ0n) is 22.8. The second-order valence-corrected chi connectivity index (χ2v) is 11.1. The van der Waals surface area contributed by atoms with Crippen LogP contribution < -0.4 is 20.8 Å². The van der Waals surface area contributed by atoms with Gasteiger partial charge in [0.25, 0.3) is 11.8 Å². The number of thiazole rings is 1. The van der Waals surface area contributed by atoms with E-state index in [0.29, 0.717) is 22.6 Å². The normalized spacial score (nSPS) is 10.9. The Bertz CT molecular complexity index is 1760. The fourth-order valence-corrected chi connectivity index (χ4v) is 4.99. The molecule has 4 aromatic carbocycles. The summed E-state index contributed by atoms with van der Waals surface area (Å²) in [5.41, 5.74) is 7.78. The molecule has 1 heterocycles. The lowest BCUT2D eigenvalue weighted by Gasteiger charge is -2.10. The predicted octanol–water partition coefficient (Wildman–Crippen LogP) is 7.55. The number of hydrogen-bond acceptors (Lipinski definition) is 7. The number of aromatic nitrogens is 1. The lowest BCUT2D eigenvalue weighted by Crippen LogP contribution is -2.20. The van der Waals surface area contributed by atoms with Gasteiger partial charge in [-0.05, 0) is 73.7 Å². The van der Waals surface area contributed by atoms with E-state index in [9.17, 15) is 14.0 Å². The van der Waals surface area contributed by atoms with E-state index in [1.54, 1.807) is 30.3 Å². The largest absolute Gasteiger partial charge is 0.483 e. The van der Waals surface area contributed by atoms with Gasteiger partial charge in [-0.15, -0.1) is 11.3 Å². The van der Waals surface area contributed by atoms with Gasteiger partial charge in [0.2, 0.25) is 0 Å². The first-order chi connectivity index (χ1) is 20.8. The number of carbonyl (C=O) groups is 2. The molecule has 8 nitrogen and oxygen atoms in total. The molecule has 0 unspecified atom stereocenters. The summed E-state index contributed by atoms with van der Waals surface area (Å²) in [4.78, 5) is 29.6. The highest BCUT2D eigenvalue weighted by Gasteiger charge is 2.10. The average Bonchev–Trinajstić information content (AvgIpc) is 3.47. The minimum Gasteiger partial charge on any atom is -0.483 e. The first-order valence-electron chi connectivity index (χ1n) is 13.0. The summed E-state index contributed by atoms with van der Waals surface area (Å²) in [6, 6.07) is 25.8. The topological polar surface area (TPSA) is 105 Å². The molecule has 5 aromatic rings. The number of rotatable bonds is 10. The summed E-state index contributed by atoms with van der Waals surface area (Å²) in [5.74, 6) is -0.808. The van der Waals surface area contributed by atoms with Crippen molar-refractivity contribution in [3.05, 3.63) is 123 Å². The second-order valence-electron chi connectivity index (χ2n) is 9.33. The maximum atomic E-state index is 13.1. The average molecular weight is 659 g/mol. The van der Waals surface area contributed by atoms with Crippen molar-refractivity contribution in [3.8, 4) is 17.0 Å². The van der Waals surface area contributed by atoms with Gasteiger partial charge in [0.05, 0.1) is 11.9 Å². The molecule has 43 heavy (non-hydrogen) atoms. The van der Waals surface area contributed by atoms with E-state index in [0.717, 1.165) is 26.5 Å². The molecule has 0 fully saturated rings. The highest BCUT2D eigenvalue weighted by molar-refractivity contribution is 9.10. The van der Waals surface area contributed by atoms with Crippen LogP contribution in [-0.4, -0.2) is 29.6 Å². The van der Waals surface area contributed by atoms with Crippen LogP contribution in [-0.2, 0) is 4.79 Å². The number of nitrogens with one attached hydrogen (secondary N) is 3. The third-order valence-corrected chi connectivity index (χ3v) is 7.33. The molecule has 2 amide bonds. The van der Waals surface area contributed by atoms with Crippen LogP contribution in [0.1, 0.15) is 21.5 Å². The fourth-order valence-electron chi connectivity index (χ4n) is 3.87. The molecular formula is C32H25BrFN5O3S. The van der Waals surface area contributed by atoms with Gasteiger partial charge < -0.3 is 15.4 Å². The van der Waals surface area contributed by atoms with Gasteiger partial charge in [-0.3, -0.25) is 9.59 Å². The Hall–Kier alpha value is -4.87. The van der Waals surface area contributed by atoms with Gasteiger partial charge in [0.15, 0.2) is 11.7 Å². The molecular weight excluding hydrogens is 633 g/mol. The summed E-state index contributed by atoms with van der Waals surface area (Å²) >= 11 is 4.91. The fraction of sp³-hybridized carbons (Fsp3) is 0.0625. The molecule has 216 valence electrons. The molecule has 0 bridgehead atoms. The Labute approximate surface area is 259 Å². The van der Waals surface area contributed by atoms with E-state index < -0.39 is 11.7 Å². The van der Waals surface area contributed by atoms with Crippen LogP contribution in [0, 0.1) is 12.7 Å². The molecule has 0 aliphatic heterocycles. The van der Waals surface area contributed by atoms with E-state index in [1.807, 2.05) is 48.7 Å². The number of halogens is 2. The highest BCUT2D eigenvalue weighted by atomic mass is 79.9. The van der Waals surface area contributed by atoms with Crippen molar-refractivity contribution >= 4 is 61.8 Å². The Morgan fingerprint density at radius 3 is 2.44 bits per heavy atom. The van der Waals surface area contributed by atoms with Crippen molar-refractivity contribution in [2.75, 3.05) is 17.2 Å². The first kappa shape index (κ1) is 29.6. The third-order valence-electron chi connectivity index (χ3n) is 6.08. The van der Waals surface area contributed by atoms with E-state index >= 15 is 0 Å². The van der Waals surface area contributed by atoms with Crippen molar-refractivity contribution < 1.29 is 18.7 Å². The van der Waals surface area contributed by atoms with E-state index in [4.69, 9.17) is 4.74 Å². The molecule has 5 rings (SSSR count). The van der Waals surface area contributed by atoms with Crippen LogP contribution in [0.3, 0.4) is 0 Å². The van der Waals surface area contributed by atoms with Crippen LogP contribution in [0.4, 0.5) is 20.9 Å². The van der Waals surface area contributed by atoms with Crippen LogP contribution in [0.2, 0.25) is 0 Å². The first-order valence-corrected chi connectivity index (χ1v) is 14.7. The Morgan fingerprint density at radius 1 is 0.977 bits per heavy atom. The van der Waals surface area contributed by atoms with Crippen molar-refractivity contribution in [1.29, 1.82) is 0 Å². The maximum Gasteiger partial charge on any atom is 0.271 e. The zero-order chi connectivity index (χ0) is 30.2. The lowest BCUT2D eigenvalue weighted by atomic mass is 10.1. The number of carbonyl (C=O) groups excluding carboxylic acids is 2. The Balaban J connectivity index is 1.16. The molecule has 0 saturated heterocycles. The second kappa shape index (κ2) is 13.9. The van der Waals surface area contributed by atoms with Gasteiger partial charge in [-0.2, -0.15) is 5.10 Å². The Kier molecular flexibility index (Phi) is 9.55. The van der Waals surface area contributed by atoms with E-state index in [-0.39, 0.29) is 12.5 Å². The lowest BCUT2D eigenvalue weighted by molar-refractivity contribution is -0.118. The van der Waals surface area contributed by atoms with Crippen molar-refractivity contribution in [3.63, 3.8) is 0 Å². The number of nitrogens with zero attached hydrogens (tertiary/aromatic N) is 2. The van der Waals surface area contributed by atoms with E-state index in [1.165, 1.54) is 47.4 Å². The summed E-state index contributed by atoms with van der Waals surface area (Å²) in [5, 5.41) is 12.7. The maximum absolute atomic E-state index is 13.1. The van der Waals surface area contributed by atoms with Crippen molar-refractivity contribution in [2.24, 2.45) is 5.10 Å². The van der Waals surface area contributed by atoms with Crippen molar-refractivity contribution in [2.45, 2.75) is 6.92 Å². The molecule has 11 heteroatoms. The molecule has 0 spiro atoms. The van der Waals surface area contributed by atoms with Crippen LogP contribution in [0.5, 0.6) is 5.75 Å². The van der Waals surface area contributed by atoms with Gasteiger partial charge >= 0.3 is 0 Å². The number of aryl methyl sites for hydroxylation is 1. The van der Waals surface area contributed by atoms with Crippen LogP contribution in [0.15, 0.2) is 106 Å². The van der Waals surface area contributed by atoms with Crippen LogP contribution >= 0.6 is 27.3 Å². The number of hydrazone groups is 1. The minimum atomic E-state index is -0.412. The molecule has 3 N–H and O–H groups in total. The quantitative estimate of drug-likeness (QED) is 0.106. The predicted molar refractivity (Wildman–Crippen MR) is 172 cm³/mol. The number of benzene rings is 4. The molecule has 0 aliphatic carbocycles. The molecule has 0 radical (unpaired) electrons. The SMILES string of the molecule is Cc1ccc(Nc2nc(-c3ccc(C(=O)N/N=C/c4cc(Br)ccc4OCC(=O)Nc4ccc(F)cc4)cc3)cs2)cc1. The van der Waals surface area contributed by atoms with Crippen molar-refractivity contribution in [1.82, 2.24) is 10.4 Å². The summed E-state index contributed by atoms with van der Waals surface area (Å²) in [6.45, 7) is 1.76. The summed E-state index contributed by atoms with van der Waals surface area (Å²) < 4.78 is 19.5. The molecule has 0 saturated carbocycles. The van der Waals surface area contributed by atoms with Gasteiger partial charge in [-0.25, -0.2) is 14.8 Å². The number of anilines is 3. The van der Waals surface area contributed by atoms with Gasteiger partial charge in [-0.1, -0.05) is 45.8 Å². The monoisotopic (exact) mass is 657 g/mol. The molecule has 1 aromatic heterocycles.